The van der Waals surface area contributed by atoms with Crippen molar-refractivity contribution in [1.29, 1.82) is 0 Å². The first-order valence-electron chi connectivity index (χ1n) is 8.47. The minimum Gasteiger partial charge on any atom is -0.356 e. The first-order chi connectivity index (χ1) is 12.1. The molecule has 0 aromatic heterocycles. The maximum absolute atomic E-state index is 11.0. The van der Waals surface area contributed by atoms with E-state index in [1.807, 2.05) is 42.5 Å². The molecular weight excluding hydrogens is 312 g/mol. The van der Waals surface area contributed by atoms with E-state index in [0.29, 0.717) is 0 Å². The summed E-state index contributed by atoms with van der Waals surface area (Å²) in [6, 6.07) is 18.4. The van der Waals surface area contributed by atoms with Gasteiger partial charge in [0, 0.05) is 26.2 Å². The van der Waals surface area contributed by atoms with E-state index in [1.165, 1.54) is 18.1 Å². The van der Waals surface area contributed by atoms with E-state index < -0.39 is 0 Å². The van der Waals surface area contributed by atoms with E-state index in [4.69, 9.17) is 0 Å². The Bertz CT molecular complexity index is 695. The van der Waals surface area contributed by atoms with Crippen LogP contribution >= 0.6 is 0 Å². The number of nitrogens with one attached hydrogen (secondary N) is 3. The molecule has 25 heavy (non-hydrogen) atoms. The Balaban J connectivity index is 1.80. The summed E-state index contributed by atoms with van der Waals surface area (Å²) >= 11 is 0. The molecule has 0 radical (unpaired) electrons. The van der Waals surface area contributed by atoms with Gasteiger partial charge in [-0.05, 0) is 36.6 Å². The molecule has 0 spiro atoms. The predicted molar refractivity (Wildman–Crippen MR) is 104 cm³/mol. The van der Waals surface area contributed by atoms with Crippen molar-refractivity contribution in [2.45, 2.75) is 26.3 Å². The molecule has 2 aromatic carbocycles. The quantitative estimate of drug-likeness (QED) is 0.560. The molecule has 0 aliphatic carbocycles. The van der Waals surface area contributed by atoms with Crippen molar-refractivity contribution in [3.8, 4) is 0 Å². The van der Waals surface area contributed by atoms with Crippen LogP contribution in [-0.2, 0) is 11.2 Å². The van der Waals surface area contributed by atoms with Crippen molar-refractivity contribution in [2.24, 2.45) is 4.99 Å². The van der Waals surface area contributed by atoms with Crippen molar-refractivity contribution in [3.63, 3.8) is 0 Å². The summed E-state index contributed by atoms with van der Waals surface area (Å²) in [5, 5.41) is 9.49. The van der Waals surface area contributed by atoms with Gasteiger partial charge in [0.25, 0.3) is 0 Å². The maximum atomic E-state index is 11.0. The highest BCUT2D eigenvalue weighted by molar-refractivity contribution is 5.88. The molecule has 0 saturated carbocycles. The number of guanidine groups is 1. The summed E-state index contributed by atoms with van der Waals surface area (Å²) < 4.78 is 0. The Morgan fingerprint density at radius 3 is 2.36 bits per heavy atom. The molecule has 0 aliphatic rings. The summed E-state index contributed by atoms with van der Waals surface area (Å²) in [6.07, 6.45) is 0.876. The van der Waals surface area contributed by atoms with E-state index in [-0.39, 0.29) is 11.9 Å². The number of aliphatic imine (C=N–C) groups is 1. The Morgan fingerprint density at radius 1 is 1.08 bits per heavy atom. The molecule has 1 amide bonds. The fraction of sp³-hybridized carbons (Fsp3) is 0.300. The lowest BCUT2D eigenvalue weighted by atomic mass is 10.1. The molecule has 3 N–H and O–H groups in total. The fourth-order valence-electron chi connectivity index (χ4n) is 2.51. The molecule has 2 aromatic rings. The number of hydrogen-bond acceptors (Lipinski definition) is 2. The molecular formula is C20H26N4O. The number of anilines is 1. The van der Waals surface area contributed by atoms with Gasteiger partial charge in [-0.25, -0.2) is 0 Å². The van der Waals surface area contributed by atoms with Crippen molar-refractivity contribution < 1.29 is 4.79 Å². The van der Waals surface area contributed by atoms with Crippen LogP contribution in [-0.4, -0.2) is 25.5 Å². The highest BCUT2D eigenvalue weighted by Crippen LogP contribution is 2.11. The first-order valence-corrected chi connectivity index (χ1v) is 8.47. The molecule has 0 bridgehead atoms. The summed E-state index contributed by atoms with van der Waals surface area (Å²) in [6.45, 7) is 4.40. The molecule has 0 fully saturated rings. The largest absolute Gasteiger partial charge is 0.356 e. The van der Waals surface area contributed by atoms with Gasteiger partial charge < -0.3 is 16.0 Å². The predicted octanol–water partition coefficient (Wildman–Crippen LogP) is 3.11. The highest BCUT2D eigenvalue weighted by Gasteiger charge is 2.06. The van der Waals surface area contributed by atoms with Gasteiger partial charge in [0.05, 0.1) is 6.04 Å². The van der Waals surface area contributed by atoms with Crippen LogP contribution in [0.4, 0.5) is 5.69 Å². The molecule has 0 heterocycles. The lowest BCUT2D eigenvalue weighted by molar-refractivity contribution is -0.114. The highest BCUT2D eigenvalue weighted by atomic mass is 16.1. The molecule has 1 atom stereocenters. The third-order valence-corrected chi connectivity index (χ3v) is 3.86. The van der Waals surface area contributed by atoms with E-state index in [2.05, 4.69) is 40.0 Å². The van der Waals surface area contributed by atoms with Crippen LogP contribution in [0.2, 0.25) is 0 Å². The average molecular weight is 338 g/mol. The number of rotatable bonds is 6. The molecule has 1 unspecified atom stereocenters. The molecule has 2 rings (SSSR count). The number of carbonyl (C=O) groups excluding carboxylic acids is 1. The smallest absolute Gasteiger partial charge is 0.221 e. The van der Waals surface area contributed by atoms with Gasteiger partial charge in [-0.3, -0.25) is 9.79 Å². The van der Waals surface area contributed by atoms with E-state index in [9.17, 15) is 4.79 Å². The number of amides is 1. The Labute approximate surface area is 149 Å². The fourth-order valence-corrected chi connectivity index (χ4v) is 2.51. The summed E-state index contributed by atoms with van der Waals surface area (Å²) in [5.74, 6) is 0.725. The third kappa shape index (κ3) is 6.30. The number of hydrogen-bond donors (Lipinski definition) is 3. The normalized spacial score (nSPS) is 12.4. The monoisotopic (exact) mass is 338 g/mol. The van der Waals surface area contributed by atoms with Crippen molar-refractivity contribution in [1.82, 2.24) is 10.6 Å². The maximum Gasteiger partial charge on any atom is 0.221 e. The van der Waals surface area contributed by atoms with Crippen LogP contribution in [0, 0.1) is 0 Å². The standard InChI is InChI=1S/C20H26N4O/c1-15(18-7-5-4-6-8-18)23-20(21-3)22-14-13-17-9-11-19(12-10-17)24-16(2)25/h4-12,15H,13-14H2,1-3H3,(H,24,25)(H2,21,22,23). The van der Waals surface area contributed by atoms with E-state index in [1.54, 1.807) is 7.05 Å². The summed E-state index contributed by atoms with van der Waals surface area (Å²) in [7, 11) is 1.77. The van der Waals surface area contributed by atoms with Gasteiger partial charge in [-0.1, -0.05) is 42.5 Å². The number of nitrogens with zero attached hydrogens (tertiary/aromatic N) is 1. The zero-order valence-corrected chi connectivity index (χ0v) is 15.0. The lowest BCUT2D eigenvalue weighted by Crippen LogP contribution is -2.39. The second kappa shape index (κ2) is 9.47. The summed E-state index contributed by atoms with van der Waals surface area (Å²) in [4.78, 5) is 15.3. The SMILES string of the molecule is CN=C(NCCc1ccc(NC(C)=O)cc1)NC(C)c1ccccc1. The van der Waals surface area contributed by atoms with Crippen LogP contribution in [0.5, 0.6) is 0 Å². The molecule has 0 saturated heterocycles. The van der Waals surface area contributed by atoms with Crippen LogP contribution in [0.25, 0.3) is 0 Å². The molecule has 132 valence electrons. The Morgan fingerprint density at radius 2 is 1.76 bits per heavy atom. The minimum absolute atomic E-state index is 0.0585. The second-order valence-corrected chi connectivity index (χ2v) is 5.90. The van der Waals surface area contributed by atoms with Crippen molar-refractivity contribution in [3.05, 3.63) is 65.7 Å². The van der Waals surface area contributed by atoms with E-state index in [0.717, 1.165) is 24.6 Å². The second-order valence-electron chi connectivity index (χ2n) is 5.90. The van der Waals surface area contributed by atoms with Crippen LogP contribution in [0.1, 0.15) is 31.0 Å². The van der Waals surface area contributed by atoms with Gasteiger partial charge in [0.2, 0.25) is 5.91 Å². The van der Waals surface area contributed by atoms with Crippen LogP contribution in [0.15, 0.2) is 59.6 Å². The molecule has 0 aliphatic heterocycles. The lowest BCUT2D eigenvalue weighted by Gasteiger charge is -2.18. The van der Waals surface area contributed by atoms with Crippen LogP contribution < -0.4 is 16.0 Å². The summed E-state index contributed by atoms with van der Waals surface area (Å²) in [5.41, 5.74) is 3.24. The van der Waals surface area contributed by atoms with Crippen LogP contribution in [0.3, 0.4) is 0 Å². The molecule has 5 heteroatoms. The van der Waals surface area contributed by atoms with Gasteiger partial charge in [-0.2, -0.15) is 0 Å². The average Bonchev–Trinajstić information content (AvgIpc) is 2.62. The van der Waals surface area contributed by atoms with Gasteiger partial charge >= 0.3 is 0 Å². The van der Waals surface area contributed by atoms with Gasteiger partial charge in [0.15, 0.2) is 5.96 Å². The van der Waals surface area contributed by atoms with Crippen molar-refractivity contribution in [2.75, 3.05) is 18.9 Å². The zero-order valence-electron chi connectivity index (χ0n) is 15.0. The molecule has 5 nitrogen and oxygen atoms in total. The first kappa shape index (κ1) is 18.5. The number of carbonyl (C=O) groups is 1. The van der Waals surface area contributed by atoms with E-state index >= 15 is 0 Å². The topological polar surface area (TPSA) is 65.5 Å². The zero-order chi connectivity index (χ0) is 18.1. The Hall–Kier alpha value is -2.82. The number of benzene rings is 2. The van der Waals surface area contributed by atoms with Gasteiger partial charge in [-0.15, -0.1) is 0 Å². The minimum atomic E-state index is -0.0585. The Kier molecular flexibility index (Phi) is 7.01. The third-order valence-electron chi connectivity index (χ3n) is 3.86. The van der Waals surface area contributed by atoms with Crippen molar-refractivity contribution >= 4 is 17.6 Å². The van der Waals surface area contributed by atoms with Gasteiger partial charge in [0.1, 0.15) is 0 Å².